The average molecular weight is 332 g/mol. The Morgan fingerprint density at radius 3 is 2.71 bits per heavy atom. The van der Waals surface area contributed by atoms with Gasteiger partial charge in [0.05, 0.1) is 10.3 Å². The summed E-state index contributed by atoms with van der Waals surface area (Å²) in [6.45, 7) is 3.60. The van der Waals surface area contributed by atoms with Crippen LogP contribution in [0.2, 0.25) is 5.02 Å². The summed E-state index contributed by atoms with van der Waals surface area (Å²) in [4.78, 5) is 11.5. The largest absolute Gasteiger partial charge is 0.481 e. The van der Waals surface area contributed by atoms with Crippen molar-refractivity contribution in [1.82, 2.24) is 4.31 Å². The second-order valence-electron chi connectivity index (χ2n) is 5.72. The van der Waals surface area contributed by atoms with Crippen LogP contribution in [0.4, 0.5) is 0 Å². The third kappa shape index (κ3) is 3.07. The number of benzene rings is 1. The highest BCUT2D eigenvalue weighted by Crippen LogP contribution is 2.33. The van der Waals surface area contributed by atoms with Crippen molar-refractivity contribution in [2.75, 3.05) is 13.1 Å². The Bertz CT molecular complexity index is 674. The molecule has 7 heteroatoms. The van der Waals surface area contributed by atoms with Gasteiger partial charge in [0.15, 0.2) is 0 Å². The molecule has 1 heterocycles. The van der Waals surface area contributed by atoms with E-state index < -0.39 is 21.4 Å². The summed E-state index contributed by atoms with van der Waals surface area (Å²) in [5, 5.41) is 9.65. The summed E-state index contributed by atoms with van der Waals surface area (Å²) in [5.74, 6) is -0.967. The smallest absolute Gasteiger partial charge is 0.310 e. The maximum absolute atomic E-state index is 12.7. The van der Waals surface area contributed by atoms with Crippen molar-refractivity contribution >= 4 is 27.6 Å². The standard InChI is InChI=1S/C14H18ClNO4S/c1-10-4-5-11(15)8-12(10)21(19,20)16-7-3-6-14(2,9-16)13(17)18/h4-5,8H,3,6-7,9H2,1-2H3,(H,17,18). The van der Waals surface area contributed by atoms with Crippen molar-refractivity contribution in [3.8, 4) is 0 Å². The zero-order valence-corrected chi connectivity index (χ0v) is 13.5. The molecule has 5 nitrogen and oxygen atoms in total. The highest BCUT2D eigenvalue weighted by atomic mass is 35.5. The molecule has 1 aromatic carbocycles. The molecule has 0 aliphatic carbocycles. The van der Waals surface area contributed by atoms with Gasteiger partial charge in [-0.25, -0.2) is 8.42 Å². The fourth-order valence-electron chi connectivity index (χ4n) is 2.56. The molecule has 2 rings (SSSR count). The van der Waals surface area contributed by atoms with E-state index in [9.17, 15) is 18.3 Å². The van der Waals surface area contributed by atoms with Crippen LogP contribution in [0.1, 0.15) is 25.3 Å². The minimum Gasteiger partial charge on any atom is -0.481 e. The summed E-state index contributed by atoms with van der Waals surface area (Å²) >= 11 is 5.89. The molecule has 1 N–H and O–H groups in total. The van der Waals surface area contributed by atoms with E-state index in [1.54, 1.807) is 26.0 Å². The van der Waals surface area contributed by atoms with Gasteiger partial charge in [-0.3, -0.25) is 4.79 Å². The first kappa shape index (κ1) is 16.3. The van der Waals surface area contributed by atoms with Crippen molar-refractivity contribution in [1.29, 1.82) is 0 Å². The van der Waals surface area contributed by atoms with E-state index in [1.165, 1.54) is 10.4 Å². The van der Waals surface area contributed by atoms with Crippen molar-refractivity contribution in [2.24, 2.45) is 5.41 Å². The van der Waals surface area contributed by atoms with Gasteiger partial charge in [-0.05, 0) is 44.4 Å². The Kier molecular flexibility index (Phi) is 4.33. The number of halogens is 1. The molecule has 0 aromatic heterocycles. The lowest BCUT2D eigenvalue weighted by Gasteiger charge is -2.36. The first-order chi connectivity index (χ1) is 9.67. The maximum atomic E-state index is 12.7. The van der Waals surface area contributed by atoms with Crippen LogP contribution in [0.25, 0.3) is 0 Å². The summed E-state index contributed by atoms with van der Waals surface area (Å²) < 4.78 is 26.7. The first-order valence-electron chi connectivity index (χ1n) is 6.66. The molecule has 21 heavy (non-hydrogen) atoms. The topological polar surface area (TPSA) is 74.7 Å². The van der Waals surface area contributed by atoms with Gasteiger partial charge in [0.25, 0.3) is 0 Å². The Hall–Kier alpha value is -1.11. The fourth-order valence-corrected chi connectivity index (χ4v) is 4.65. The third-order valence-electron chi connectivity index (χ3n) is 3.95. The van der Waals surface area contributed by atoms with Crippen molar-refractivity contribution < 1.29 is 18.3 Å². The Morgan fingerprint density at radius 2 is 2.10 bits per heavy atom. The summed E-state index contributed by atoms with van der Waals surface area (Å²) in [7, 11) is -3.73. The average Bonchev–Trinajstić information content (AvgIpc) is 2.41. The number of hydrogen-bond acceptors (Lipinski definition) is 3. The van der Waals surface area contributed by atoms with E-state index in [2.05, 4.69) is 0 Å². The summed E-state index contributed by atoms with van der Waals surface area (Å²) in [6.07, 6.45) is 1.00. The highest BCUT2D eigenvalue weighted by Gasteiger charge is 2.42. The zero-order valence-electron chi connectivity index (χ0n) is 12.0. The Morgan fingerprint density at radius 1 is 1.43 bits per heavy atom. The van der Waals surface area contributed by atoms with E-state index in [4.69, 9.17) is 11.6 Å². The molecule has 1 unspecified atom stereocenters. The molecule has 0 amide bonds. The molecular weight excluding hydrogens is 314 g/mol. The van der Waals surface area contributed by atoms with Crippen LogP contribution in [0.15, 0.2) is 23.1 Å². The molecule has 0 saturated carbocycles. The summed E-state index contributed by atoms with van der Waals surface area (Å²) in [5.41, 5.74) is -0.445. The molecular formula is C14H18ClNO4S. The second kappa shape index (κ2) is 5.59. The fraction of sp³-hybridized carbons (Fsp3) is 0.500. The van der Waals surface area contributed by atoms with Gasteiger partial charge in [-0.1, -0.05) is 17.7 Å². The van der Waals surface area contributed by atoms with Crippen molar-refractivity contribution in [2.45, 2.75) is 31.6 Å². The van der Waals surface area contributed by atoms with Crippen LogP contribution in [0, 0.1) is 12.3 Å². The number of aliphatic carboxylic acids is 1. The van der Waals surface area contributed by atoms with Gasteiger partial charge in [0.2, 0.25) is 10.0 Å². The molecule has 1 fully saturated rings. The molecule has 1 saturated heterocycles. The number of aryl methyl sites for hydroxylation is 1. The lowest BCUT2D eigenvalue weighted by Crippen LogP contribution is -2.48. The summed E-state index contributed by atoms with van der Waals surface area (Å²) in [6, 6.07) is 4.70. The van der Waals surface area contributed by atoms with Crippen LogP contribution in [-0.2, 0) is 14.8 Å². The minimum atomic E-state index is -3.73. The third-order valence-corrected chi connectivity index (χ3v) is 6.17. The molecule has 0 spiro atoms. The lowest BCUT2D eigenvalue weighted by atomic mass is 9.83. The van der Waals surface area contributed by atoms with E-state index in [0.29, 0.717) is 30.0 Å². The van der Waals surface area contributed by atoms with Crippen LogP contribution in [0.5, 0.6) is 0 Å². The maximum Gasteiger partial charge on any atom is 0.310 e. The normalized spacial score (nSPS) is 24.0. The first-order valence-corrected chi connectivity index (χ1v) is 8.48. The second-order valence-corrected chi connectivity index (χ2v) is 8.06. The predicted octanol–water partition coefficient (Wildman–Crippen LogP) is 2.52. The van der Waals surface area contributed by atoms with Gasteiger partial charge in [0.1, 0.15) is 0 Å². The van der Waals surface area contributed by atoms with Crippen LogP contribution in [0.3, 0.4) is 0 Å². The van der Waals surface area contributed by atoms with Gasteiger partial charge >= 0.3 is 5.97 Å². The lowest BCUT2D eigenvalue weighted by molar-refractivity contribution is -0.150. The van der Waals surface area contributed by atoms with Crippen LogP contribution >= 0.6 is 11.6 Å². The van der Waals surface area contributed by atoms with Crippen molar-refractivity contribution in [3.05, 3.63) is 28.8 Å². The van der Waals surface area contributed by atoms with Crippen LogP contribution < -0.4 is 0 Å². The van der Waals surface area contributed by atoms with Crippen LogP contribution in [-0.4, -0.2) is 36.9 Å². The Labute approximate surface area is 129 Å². The monoisotopic (exact) mass is 331 g/mol. The minimum absolute atomic E-state index is 0.0172. The number of hydrogen-bond donors (Lipinski definition) is 1. The van der Waals surface area contributed by atoms with Crippen molar-refractivity contribution in [3.63, 3.8) is 0 Å². The number of nitrogens with zero attached hydrogens (tertiary/aromatic N) is 1. The van der Waals surface area contributed by atoms with Gasteiger partial charge in [-0.2, -0.15) is 4.31 Å². The van der Waals surface area contributed by atoms with Gasteiger partial charge in [-0.15, -0.1) is 0 Å². The van der Waals surface area contributed by atoms with Gasteiger partial charge in [0, 0.05) is 18.1 Å². The number of sulfonamides is 1. The Balaban J connectivity index is 2.40. The molecule has 0 radical (unpaired) electrons. The SMILES string of the molecule is Cc1ccc(Cl)cc1S(=O)(=O)N1CCCC(C)(C(=O)O)C1. The molecule has 116 valence electrons. The number of carboxylic acids is 1. The number of carboxylic acid groups (broad SMARTS) is 1. The predicted molar refractivity (Wildman–Crippen MR) is 79.9 cm³/mol. The molecule has 1 aliphatic rings. The van der Waals surface area contributed by atoms with E-state index in [0.717, 1.165) is 0 Å². The van der Waals surface area contributed by atoms with E-state index >= 15 is 0 Å². The van der Waals surface area contributed by atoms with Gasteiger partial charge < -0.3 is 5.11 Å². The number of carbonyl (C=O) groups is 1. The quantitative estimate of drug-likeness (QED) is 0.923. The van der Waals surface area contributed by atoms with E-state index in [1.807, 2.05) is 0 Å². The molecule has 1 atom stereocenters. The van der Waals surface area contributed by atoms with E-state index in [-0.39, 0.29) is 11.4 Å². The number of piperidine rings is 1. The zero-order chi connectivity index (χ0) is 15.8. The molecule has 1 aromatic rings. The molecule has 1 aliphatic heterocycles. The number of rotatable bonds is 3. The molecule has 0 bridgehead atoms. The highest BCUT2D eigenvalue weighted by molar-refractivity contribution is 7.89.